The summed E-state index contributed by atoms with van der Waals surface area (Å²) in [6.45, 7) is 5.84. The third kappa shape index (κ3) is 6.29. The highest BCUT2D eigenvalue weighted by molar-refractivity contribution is 7.56. The third-order valence-electron chi connectivity index (χ3n) is 1.28. The molecule has 3 nitrogen and oxygen atoms in total. The van der Waals surface area contributed by atoms with Crippen molar-refractivity contribution in [1.82, 2.24) is 0 Å². The fourth-order valence-corrected chi connectivity index (χ4v) is 1.19. The molecule has 0 bridgehead atoms. The first-order valence-corrected chi connectivity index (χ1v) is 6.36. The van der Waals surface area contributed by atoms with Gasteiger partial charge in [-0.05, 0) is 19.5 Å². The van der Waals surface area contributed by atoms with Crippen molar-refractivity contribution in [1.29, 1.82) is 0 Å². The van der Waals surface area contributed by atoms with Crippen molar-refractivity contribution in [3.05, 3.63) is 0 Å². The molecule has 0 atom stereocenters. The molecule has 0 aromatic carbocycles. The molecule has 4 heteroatoms. The Hall–Kier alpha value is -0.430. The average molecular weight is 190 g/mol. The number of rotatable bonds is 4. The van der Waals surface area contributed by atoms with Crippen molar-refractivity contribution in [2.75, 3.05) is 19.5 Å². The number of carbonyl (C=O) groups is 2. The Balaban J connectivity index is 3.53. The van der Waals surface area contributed by atoms with Gasteiger partial charge in [0.05, 0.1) is 0 Å². The van der Waals surface area contributed by atoms with Gasteiger partial charge in [0.1, 0.15) is 0 Å². The van der Waals surface area contributed by atoms with Crippen molar-refractivity contribution < 1.29 is 14.3 Å². The van der Waals surface area contributed by atoms with Crippen molar-refractivity contribution in [2.24, 2.45) is 0 Å². The molecule has 0 radical (unpaired) electrons. The maximum Gasteiger partial charge on any atom is 0.313 e. The van der Waals surface area contributed by atoms with Gasteiger partial charge >= 0.3 is 11.9 Å². The quantitative estimate of drug-likeness (QED) is 0.384. The summed E-state index contributed by atoms with van der Waals surface area (Å²) in [7, 11) is -0.0744. The minimum atomic E-state index is -0.434. The number of carbonyl (C=O) groups excluding carboxylic acids is 2. The summed E-state index contributed by atoms with van der Waals surface area (Å²) < 4.78 is 4.48. The van der Waals surface area contributed by atoms with E-state index in [4.69, 9.17) is 0 Å². The third-order valence-corrected chi connectivity index (χ3v) is 2.40. The van der Waals surface area contributed by atoms with E-state index in [9.17, 15) is 9.59 Å². The van der Waals surface area contributed by atoms with Gasteiger partial charge in [-0.3, -0.25) is 9.59 Å². The molecule has 0 aliphatic rings. The molecule has 0 aromatic heterocycles. The smallest absolute Gasteiger partial charge is 0.313 e. The molecule has 0 aliphatic heterocycles. The van der Waals surface area contributed by atoms with E-state index in [0.717, 1.165) is 6.16 Å². The summed E-state index contributed by atoms with van der Waals surface area (Å²) in [5, 5.41) is 0. The van der Waals surface area contributed by atoms with Crippen LogP contribution in [0.4, 0.5) is 0 Å². The Kier molecular flexibility index (Phi) is 5.91. The zero-order valence-corrected chi connectivity index (χ0v) is 8.69. The number of ether oxygens (including phenoxy) is 1. The lowest BCUT2D eigenvalue weighted by atomic mass is 10.5. The van der Waals surface area contributed by atoms with Gasteiger partial charge in [-0.15, -0.1) is 7.92 Å². The predicted octanol–water partition coefficient (Wildman–Crippen LogP) is 1.60. The second-order valence-electron chi connectivity index (χ2n) is 2.75. The molecule has 0 amide bonds. The van der Waals surface area contributed by atoms with Gasteiger partial charge in [0.2, 0.25) is 0 Å². The normalized spacial score (nSPS) is 10.0. The Morgan fingerprint density at radius 1 is 1.25 bits per heavy atom. The fraction of sp³-hybridized carbons (Fsp3) is 0.750. The first-order valence-electron chi connectivity index (χ1n) is 3.94. The first-order chi connectivity index (χ1) is 5.56. The van der Waals surface area contributed by atoms with Gasteiger partial charge in [-0.1, -0.05) is 6.92 Å². The molecule has 70 valence electrons. The molecule has 0 aliphatic carbocycles. The van der Waals surface area contributed by atoms with E-state index in [1.165, 1.54) is 0 Å². The van der Waals surface area contributed by atoms with Gasteiger partial charge in [0.25, 0.3) is 0 Å². The number of hydrogen-bond acceptors (Lipinski definition) is 3. The van der Waals surface area contributed by atoms with Crippen LogP contribution in [0.1, 0.15) is 19.8 Å². The van der Waals surface area contributed by atoms with E-state index < -0.39 is 11.9 Å². The summed E-state index contributed by atoms with van der Waals surface area (Å²) in [6.07, 6.45) is 1.47. The van der Waals surface area contributed by atoms with Gasteiger partial charge in [-0.25, -0.2) is 0 Å². The molecule has 0 spiro atoms. The lowest BCUT2D eigenvalue weighted by Gasteiger charge is -2.03. The molecular weight excluding hydrogens is 175 g/mol. The Labute approximate surface area is 74.2 Å². The molecule has 0 saturated heterocycles. The van der Waals surface area contributed by atoms with Crippen LogP contribution in [0.25, 0.3) is 0 Å². The van der Waals surface area contributed by atoms with E-state index >= 15 is 0 Å². The lowest BCUT2D eigenvalue weighted by molar-refractivity contribution is -0.159. The van der Waals surface area contributed by atoms with Crippen molar-refractivity contribution >= 4 is 19.9 Å². The zero-order chi connectivity index (χ0) is 9.56. The Morgan fingerprint density at radius 2 is 1.83 bits per heavy atom. The standard InChI is InChI=1S/C8H15O3P/c1-4-7(9)11-8(10)5-6-12(2)3/h4-6H2,1-3H3. The summed E-state index contributed by atoms with van der Waals surface area (Å²) in [4.78, 5) is 21.5. The molecule has 0 fully saturated rings. The van der Waals surface area contributed by atoms with Crippen molar-refractivity contribution in [3.63, 3.8) is 0 Å². The second kappa shape index (κ2) is 6.13. The zero-order valence-electron chi connectivity index (χ0n) is 7.79. The van der Waals surface area contributed by atoms with E-state index in [-0.39, 0.29) is 14.3 Å². The van der Waals surface area contributed by atoms with Crippen LogP contribution in [0.3, 0.4) is 0 Å². The summed E-state index contributed by atoms with van der Waals surface area (Å²) >= 11 is 0. The maximum absolute atomic E-state index is 10.9. The summed E-state index contributed by atoms with van der Waals surface area (Å²) in [5.41, 5.74) is 0. The Morgan fingerprint density at radius 3 is 2.25 bits per heavy atom. The van der Waals surface area contributed by atoms with Gasteiger partial charge in [0.15, 0.2) is 0 Å². The second-order valence-corrected chi connectivity index (χ2v) is 5.36. The maximum atomic E-state index is 10.9. The van der Waals surface area contributed by atoms with E-state index in [2.05, 4.69) is 18.1 Å². The van der Waals surface area contributed by atoms with Crippen LogP contribution in [0.15, 0.2) is 0 Å². The molecule has 0 saturated carbocycles. The van der Waals surface area contributed by atoms with Gasteiger partial charge in [-0.2, -0.15) is 0 Å². The highest BCUT2D eigenvalue weighted by Crippen LogP contribution is 2.24. The minimum Gasteiger partial charge on any atom is -0.393 e. The van der Waals surface area contributed by atoms with Crippen molar-refractivity contribution in [3.8, 4) is 0 Å². The molecule has 0 N–H and O–H groups in total. The first kappa shape index (κ1) is 11.6. The van der Waals surface area contributed by atoms with Crippen LogP contribution in [0, 0.1) is 0 Å². The number of hydrogen-bond donors (Lipinski definition) is 0. The topological polar surface area (TPSA) is 43.4 Å². The summed E-state index contributed by atoms with van der Waals surface area (Å²) in [6, 6.07) is 0. The molecule has 0 aromatic rings. The van der Waals surface area contributed by atoms with E-state index in [1.54, 1.807) is 6.92 Å². The van der Waals surface area contributed by atoms with Gasteiger partial charge in [0, 0.05) is 12.8 Å². The van der Waals surface area contributed by atoms with Crippen LogP contribution in [-0.4, -0.2) is 31.4 Å². The van der Waals surface area contributed by atoms with Crippen molar-refractivity contribution in [2.45, 2.75) is 19.8 Å². The van der Waals surface area contributed by atoms with E-state index in [0.29, 0.717) is 6.42 Å². The summed E-state index contributed by atoms with van der Waals surface area (Å²) in [5.74, 6) is -0.824. The molecule has 0 rings (SSSR count). The molecule has 0 heterocycles. The van der Waals surface area contributed by atoms with Crippen LogP contribution in [0.2, 0.25) is 0 Å². The highest BCUT2D eigenvalue weighted by Gasteiger charge is 2.08. The SMILES string of the molecule is CCC(=O)OC(=O)CCP(C)C. The average Bonchev–Trinajstić information content (AvgIpc) is 2.00. The Bertz CT molecular complexity index is 166. The number of esters is 2. The predicted molar refractivity (Wildman–Crippen MR) is 49.6 cm³/mol. The largest absolute Gasteiger partial charge is 0.393 e. The molecule has 0 unspecified atom stereocenters. The molecule has 12 heavy (non-hydrogen) atoms. The van der Waals surface area contributed by atoms with Crippen LogP contribution >= 0.6 is 7.92 Å². The highest BCUT2D eigenvalue weighted by atomic mass is 31.1. The van der Waals surface area contributed by atoms with Crippen LogP contribution in [-0.2, 0) is 14.3 Å². The minimum absolute atomic E-state index is 0.0744. The van der Waals surface area contributed by atoms with Crippen LogP contribution in [0.5, 0.6) is 0 Å². The lowest BCUT2D eigenvalue weighted by Crippen LogP contribution is -2.11. The monoisotopic (exact) mass is 190 g/mol. The van der Waals surface area contributed by atoms with Crippen LogP contribution < -0.4 is 0 Å². The molecular formula is C8H15O3P. The van der Waals surface area contributed by atoms with E-state index in [1.807, 2.05) is 0 Å². The van der Waals surface area contributed by atoms with Gasteiger partial charge < -0.3 is 4.74 Å². The fourth-order valence-electron chi connectivity index (χ4n) is 0.565.